The van der Waals surface area contributed by atoms with E-state index in [-0.39, 0.29) is 5.97 Å². The van der Waals surface area contributed by atoms with Gasteiger partial charge in [-0.2, -0.15) is 5.26 Å². The van der Waals surface area contributed by atoms with Crippen molar-refractivity contribution in [3.63, 3.8) is 0 Å². The van der Waals surface area contributed by atoms with Crippen molar-refractivity contribution in [3.05, 3.63) is 64.7 Å². The predicted octanol–water partition coefficient (Wildman–Crippen LogP) is 3.40. The zero-order chi connectivity index (χ0) is 15.2. The average Bonchev–Trinajstić information content (AvgIpc) is 2.53. The number of rotatable bonds is 3. The predicted molar refractivity (Wildman–Crippen MR) is 80.9 cm³/mol. The highest BCUT2D eigenvalue weighted by atomic mass is 16.5. The lowest BCUT2D eigenvalue weighted by Crippen LogP contribution is -2.00. The molecule has 0 aliphatic heterocycles. The van der Waals surface area contributed by atoms with Crippen molar-refractivity contribution >= 4 is 17.9 Å². The number of esters is 1. The molecule has 0 aliphatic carbocycles. The van der Waals surface area contributed by atoms with Gasteiger partial charge in [0.25, 0.3) is 0 Å². The first-order valence-corrected chi connectivity index (χ1v) is 6.37. The quantitative estimate of drug-likeness (QED) is 0.638. The van der Waals surface area contributed by atoms with Gasteiger partial charge in [0.1, 0.15) is 0 Å². The number of aliphatic imine (C=N–C) groups is 1. The molecule has 2 aromatic carbocycles. The zero-order valence-electron chi connectivity index (χ0n) is 11.8. The van der Waals surface area contributed by atoms with Gasteiger partial charge in [0.15, 0.2) is 0 Å². The van der Waals surface area contributed by atoms with Gasteiger partial charge < -0.3 is 4.74 Å². The fraction of sp³-hybridized carbons (Fsp3) is 0.118. The topological polar surface area (TPSA) is 62.4 Å². The van der Waals surface area contributed by atoms with E-state index in [0.717, 1.165) is 16.8 Å². The maximum atomic E-state index is 11.3. The maximum Gasteiger partial charge on any atom is 0.337 e. The van der Waals surface area contributed by atoms with E-state index in [0.29, 0.717) is 11.1 Å². The van der Waals surface area contributed by atoms with Gasteiger partial charge in [-0.3, -0.25) is 4.99 Å². The number of carbonyl (C=O) groups excluding carboxylic acids is 1. The number of benzene rings is 2. The van der Waals surface area contributed by atoms with Gasteiger partial charge in [-0.05, 0) is 48.4 Å². The number of hydrogen-bond acceptors (Lipinski definition) is 4. The van der Waals surface area contributed by atoms with Crippen molar-refractivity contribution < 1.29 is 9.53 Å². The lowest BCUT2D eigenvalue weighted by atomic mass is 10.1. The summed E-state index contributed by atoms with van der Waals surface area (Å²) in [5.74, 6) is -0.360. The van der Waals surface area contributed by atoms with Crippen molar-refractivity contribution in [1.29, 1.82) is 5.26 Å². The molecule has 0 bridgehead atoms. The van der Waals surface area contributed by atoms with Crippen LogP contribution in [0.15, 0.2) is 47.5 Å². The van der Waals surface area contributed by atoms with Crippen LogP contribution in [0.2, 0.25) is 0 Å². The van der Waals surface area contributed by atoms with Gasteiger partial charge in [0, 0.05) is 6.21 Å². The maximum absolute atomic E-state index is 11.3. The lowest BCUT2D eigenvalue weighted by molar-refractivity contribution is 0.0600. The highest BCUT2D eigenvalue weighted by Gasteiger charge is 2.03. The molecule has 0 amide bonds. The monoisotopic (exact) mass is 278 g/mol. The average molecular weight is 278 g/mol. The standard InChI is InChI=1S/C17H14N2O2/c1-12-9-14(10-18)5-8-16(12)19-11-13-3-6-15(7-4-13)17(20)21-2/h3-9,11H,1-2H3/b19-11+. The van der Waals surface area contributed by atoms with Crippen LogP contribution in [0.1, 0.15) is 27.0 Å². The second-order valence-electron chi connectivity index (χ2n) is 4.48. The van der Waals surface area contributed by atoms with Gasteiger partial charge >= 0.3 is 5.97 Å². The van der Waals surface area contributed by atoms with Crippen LogP contribution in [0.3, 0.4) is 0 Å². The molecule has 21 heavy (non-hydrogen) atoms. The first kappa shape index (κ1) is 14.5. The molecule has 0 saturated heterocycles. The third-order valence-corrected chi connectivity index (χ3v) is 3.01. The van der Waals surface area contributed by atoms with Crippen molar-refractivity contribution in [2.45, 2.75) is 6.92 Å². The number of nitriles is 1. The summed E-state index contributed by atoms with van der Waals surface area (Å²) < 4.78 is 4.64. The van der Waals surface area contributed by atoms with Crippen LogP contribution in [0, 0.1) is 18.3 Å². The highest BCUT2D eigenvalue weighted by molar-refractivity contribution is 5.91. The van der Waals surface area contributed by atoms with Crippen molar-refractivity contribution in [1.82, 2.24) is 0 Å². The molecule has 0 saturated carbocycles. The number of hydrogen-bond donors (Lipinski definition) is 0. The fourth-order valence-electron chi connectivity index (χ4n) is 1.84. The Balaban J connectivity index is 2.18. The third kappa shape index (κ3) is 3.54. The van der Waals surface area contributed by atoms with Crippen LogP contribution < -0.4 is 0 Å². The minimum atomic E-state index is -0.360. The van der Waals surface area contributed by atoms with E-state index in [1.54, 1.807) is 42.6 Å². The van der Waals surface area contributed by atoms with Crippen molar-refractivity contribution in [3.8, 4) is 6.07 Å². The number of methoxy groups -OCH3 is 1. The summed E-state index contributed by atoms with van der Waals surface area (Å²) in [5.41, 5.74) is 3.76. The number of nitrogens with zero attached hydrogens (tertiary/aromatic N) is 2. The molecule has 0 aliphatic rings. The Kier molecular flexibility index (Phi) is 4.47. The highest BCUT2D eigenvalue weighted by Crippen LogP contribution is 2.19. The zero-order valence-corrected chi connectivity index (χ0v) is 11.8. The molecule has 0 N–H and O–H groups in total. The van der Waals surface area contributed by atoms with E-state index in [1.165, 1.54) is 7.11 Å². The van der Waals surface area contributed by atoms with E-state index in [4.69, 9.17) is 5.26 Å². The van der Waals surface area contributed by atoms with Gasteiger partial charge in [-0.1, -0.05) is 12.1 Å². The van der Waals surface area contributed by atoms with Crippen LogP contribution in [0.25, 0.3) is 0 Å². The second-order valence-corrected chi connectivity index (χ2v) is 4.48. The molecular weight excluding hydrogens is 264 g/mol. The van der Waals surface area contributed by atoms with Gasteiger partial charge in [0.2, 0.25) is 0 Å². The van der Waals surface area contributed by atoms with E-state index in [9.17, 15) is 4.79 Å². The first-order valence-electron chi connectivity index (χ1n) is 6.37. The van der Waals surface area contributed by atoms with Gasteiger partial charge in [0.05, 0.1) is 30.0 Å². The molecule has 0 spiro atoms. The summed E-state index contributed by atoms with van der Waals surface area (Å²) in [5, 5.41) is 8.83. The minimum absolute atomic E-state index is 0.360. The smallest absolute Gasteiger partial charge is 0.337 e. The normalized spacial score (nSPS) is 10.3. The number of carbonyl (C=O) groups is 1. The van der Waals surface area contributed by atoms with Crippen LogP contribution in [-0.4, -0.2) is 19.3 Å². The molecule has 2 rings (SSSR count). The van der Waals surface area contributed by atoms with E-state index in [1.807, 2.05) is 13.0 Å². The van der Waals surface area contributed by atoms with E-state index < -0.39 is 0 Å². The molecule has 0 heterocycles. The SMILES string of the molecule is COC(=O)c1ccc(/C=N/c2ccc(C#N)cc2C)cc1. The molecular formula is C17H14N2O2. The van der Waals surface area contributed by atoms with Crippen molar-refractivity contribution in [2.75, 3.05) is 7.11 Å². The Bertz CT molecular complexity index is 725. The number of ether oxygens (including phenoxy) is 1. The first-order chi connectivity index (χ1) is 10.1. The summed E-state index contributed by atoms with van der Waals surface area (Å²) in [4.78, 5) is 15.7. The number of aryl methyl sites for hydroxylation is 1. The molecule has 0 atom stereocenters. The van der Waals surface area contributed by atoms with Crippen LogP contribution in [0.5, 0.6) is 0 Å². The fourth-order valence-corrected chi connectivity index (χ4v) is 1.84. The second kappa shape index (κ2) is 6.49. The molecule has 4 heteroatoms. The summed E-state index contributed by atoms with van der Waals surface area (Å²) >= 11 is 0. The molecule has 4 nitrogen and oxygen atoms in total. The van der Waals surface area contributed by atoms with Crippen molar-refractivity contribution in [2.24, 2.45) is 4.99 Å². The van der Waals surface area contributed by atoms with E-state index in [2.05, 4.69) is 15.8 Å². The Labute approximate surface area is 123 Å². The van der Waals surface area contributed by atoms with Gasteiger partial charge in [-0.25, -0.2) is 4.79 Å². The molecule has 2 aromatic rings. The van der Waals surface area contributed by atoms with E-state index >= 15 is 0 Å². The third-order valence-electron chi connectivity index (χ3n) is 3.01. The summed E-state index contributed by atoms with van der Waals surface area (Å²) in [6, 6.07) is 14.4. The summed E-state index contributed by atoms with van der Waals surface area (Å²) in [6.45, 7) is 1.91. The van der Waals surface area contributed by atoms with Gasteiger partial charge in [-0.15, -0.1) is 0 Å². The molecule has 0 radical (unpaired) electrons. The molecule has 0 fully saturated rings. The Morgan fingerprint density at radius 1 is 1.24 bits per heavy atom. The van der Waals surface area contributed by atoms with Crippen LogP contribution >= 0.6 is 0 Å². The largest absolute Gasteiger partial charge is 0.465 e. The van der Waals surface area contributed by atoms with Crippen LogP contribution in [0.4, 0.5) is 5.69 Å². The minimum Gasteiger partial charge on any atom is -0.465 e. The van der Waals surface area contributed by atoms with Crippen LogP contribution in [-0.2, 0) is 4.74 Å². The lowest BCUT2D eigenvalue weighted by Gasteiger charge is -2.01. The Hall–Kier alpha value is -2.93. The summed E-state index contributed by atoms with van der Waals surface area (Å²) in [7, 11) is 1.35. The molecule has 104 valence electrons. The molecule has 0 aromatic heterocycles. The summed E-state index contributed by atoms with van der Waals surface area (Å²) in [6.07, 6.45) is 1.72. The Morgan fingerprint density at radius 2 is 1.95 bits per heavy atom. The Morgan fingerprint density at radius 3 is 2.52 bits per heavy atom. The molecule has 0 unspecified atom stereocenters.